The van der Waals surface area contributed by atoms with Gasteiger partial charge in [0.15, 0.2) is 5.78 Å². The van der Waals surface area contributed by atoms with Crippen molar-refractivity contribution in [2.24, 2.45) is 0 Å². The zero-order valence-corrected chi connectivity index (χ0v) is 16.4. The number of carbonyl (C=O) groups excluding carboxylic acids is 1. The first-order valence-electron chi connectivity index (χ1n) is 9.01. The van der Waals surface area contributed by atoms with Crippen molar-refractivity contribution in [1.29, 1.82) is 0 Å². The van der Waals surface area contributed by atoms with E-state index in [0.29, 0.717) is 27.3 Å². The topological polar surface area (TPSA) is 69.4 Å². The number of nitro groups is 1. The minimum absolute atomic E-state index is 0.00880. The first-order chi connectivity index (χ1) is 14.0. The number of fused-ring (bicyclic) bond motifs is 1. The van der Waals surface area contributed by atoms with Crippen molar-refractivity contribution in [3.8, 4) is 5.75 Å². The maximum atomic E-state index is 12.7. The minimum Gasteiger partial charge on any atom is -0.488 e. The molecule has 0 amide bonds. The molecule has 1 aliphatic heterocycles. The maximum Gasteiger partial charge on any atom is 0.283 e. The summed E-state index contributed by atoms with van der Waals surface area (Å²) in [6, 6.07) is 19.9. The van der Waals surface area contributed by atoms with Gasteiger partial charge in [-0.05, 0) is 48.9 Å². The van der Waals surface area contributed by atoms with Crippen LogP contribution in [-0.4, -0.2) is 17.3 Å². The first-order valence-corrected chi connectivity index (χ1v) is 9.83. The van der Waals surface area contributed by atoms with E-state index in [0.717, 1.165) is 10.5 Å². The summed E-state index contributed by atoms with van der Waals surface area (Å²) in [4.78, 5) is 25.4. The highest BCUT2D eigenvalue weighted by Gasteiger charge is 2.23. The fraction of sp³-hybridized carbons (Fsp3) is 0.0870. The summed E-state index contributed by atoms with van der Waals surface area (Å²) in [5.41, 5.74) is 2.71. The number of rotatable bonds is 4. The molecule has 0 radical (unpaired) electrons. The van der Waals surface area contributed by atoms with Crippen molar-refractivity contribution < 1.29 is 14.5 Å². The smallest absolute Gasteiger partial charge is 0.283 e. The van der Waals surface area contributed by atoms with Crippen molar-refractivity contribution in [1.82, 2.24) is 0 Å². The Labute approximate surface area is 172 Å². The Kier molecular flexibility index (Phi) is 5.18. The number of para-hydroxylation sites is 1. The van der Waals surface area contributed by atoms with Gasteiger partial charge >= 0.3 is 0 Å². The van der Waals surface area contributed by atoms with Crippen LogP contribution in [0.3, 0.4) is 0 Å². The minimum atomic E-state index is -0.396. The third-order valence-electron chi connectivity index (χ3n) is 4.58. The molecule has 0 saturated carbocycles. The van der Waals surface area contributed by atoms with Gasteiger partial charge in [-0.2, -0.15) is 0 Å². The Balaban J connectivity index is 1.65. The van der Waals surface area contributed by atoms with Crippen molar-refractivity contribution in [2.75, 3.05) is 6.61 Å². The monoisotopic (exact) mass is 403 g/mol. The highest BCUT2D eigenvalue weighted by Crippen LogP contribution is 2.36. The molecule has 3 aromatic rings. The number of ketones is 1. The van der Waals surface area contributed by atoms with Crippen LogP contribution in [0.1, 0.15) is 21.5 Å². The Morgan fingerprint density at radius 3 is 2.59 bits per heavy atom. The molecule has 29 heavy (non-hydrogen) atoms. The fourth-order valence-electron chi connectivity index (χ4n) is 3.07. The van der Waals surface area contributed by atoms with Crippen molar-refractivity contribution in [3.63, 3.8) is 0 Å². The van der Waals surface area contributed by atoms with Gasteiger partial charge in [-0.25, -0.2) is 0 Å². The van der Waals surface area contributed by atoms with Gasteiger partial charge in [-0.3, -0.25) is 14.9 Å². The molecule has 0 N–H and O–H groups in total. The Hall–Kier alpha value is -3.38. The predicted octanol–water partition coefficient (Wildman–Crippen LogP) is 5.71. The molecule has 5 nitrogen and oxygen atoms in total. The second-order valence-corrected chi connectivity index (χ2v) is 7.80. The Morgan fingerprint density at radius 1 is 1.07 bits per heavy atom. The second-order valence-electron chi connectivity index (χ2n) is 6.68. The molecule has 0 aromatic heterocycles. The van der Waals surface area contributed by atoms with Gasteiger partial charge in [0.1, 0.15) is 12.4 Å². The molecule has 0 saturated heterocycles. The SMILES string of the molecule is Cc1ccc(Sc2ccc(C=C3COc4ccccc4C3=O)cc2[N+](=O)[O-])cc1. The largest absolute Gasteiger partial charge is 0.488 e. The lowest BCUT2D eigenvalue weighted by Crippen LogP contribution is -2.18. The molecule has 0 fully saturated rings. The number of ether oxygens (including phenoxy) is 1. The predicted molar refractivity (Wildman–Crippen MR) is 113 cm³/mol. The molecule has 4 rings (SSSR count). The van der Waals surface area contributed by atoms with E-state index < -0.39 is 4.92 Å². The Bertz CT molecular complexity index is 1140. The highest BCUT2D eigenvalue weighted by atomic mass is 32.2. The summed E-state index contributed by atoms with van der Waals surface area (Å²) in [7, 11) is 0. The van der Waals surface area contributed by atoms with Crippen LogP contribution < -0.4 is 4.74 Å². The average Bonchev–Trinajstić information content (AvgIpc) is 2.73. The van der Waals surface area contributed by atoms with Crippen molar-refractivity contribution in [2.45, 2.75) is 16.7 Å². The van der Waals surface area contributed by atoms with E-state index in [-0.39, 0.29) is 18.1 Å². The fourth-order valence-corrected chi connectivity index (χ4v) is 3.97. The number of Topliss-reactive ketones (excluding diaryl/α,β-unsaturated/α-hetero) is 1. The van der Waals surface area contributed by atoms with Gasteiger partial charge in [0.2, 0.25) is 0 Å². The quantitative estimate of drug-likeness (QED) is 0.317. The molecule has 0 aliphatic carbocycles. The van der Waals surface area contributed by atoms with E-state index in [4.69, 9.17) is 4.74 Å². The number of nitrogens with zero attached hydrogens (tertiary/aromatic N) is 1. The van der Waals surface area contributed by atoms with E-state index >= 15 is 0 Å². The maximum absolute atomic E-state index is 12.7. The van der Waals surface area contributed by atoms with Gasteiger partial charge in [0.25, 0.3) is 5.69 Å². The van der Waals surface area contributed by atoms with Crippen LogP contribution >= 0.6 is 11.8 Å². The lowest BCUT2D eigenvalue weighted by molar-refractivity contribution is -0.387. The van der Waals surface area contributed by atoms with E-state index in [1.54, 1.807) is 36.4 Å². The molecule has 0 spiro atoms. The molecule has 0 atom stereocenters. The molecular weight excluding hydrogens is 386 g/mol. The Morgan fingerprint density at radius 2 is 1.83 bits per heavy atom. The summed E-state index contributed by atoms with van der Waals surface area (Å²) in [5.74, 6) is 0.443. The molecule has 3 aromatic carbocycles. The molecule has 0 bridgehead atoms. The molecule has 144 valence electrons. The van der Waals surface area contributed by atoms with Gasteiger partial charge < -0.3 is 4.74 Å². The van der Waals surface area contributed by atoms with Gasteiger partial charge in [-0.1, -0.05) is 47.7 Å². The van der Waals surface area contributed by atoms with Crippen LogP contribution in [0.2, 0.25) is 0 Å². The molecule has 0 unspecified atom stereocenters. The second kappa shape index (κ2) is 7.93. The summed E-state index contributed by atoms with van der Waals surface area (Å²) in [6.07, 6.45) is 1.66. The van der Waals surface area contributed by atoms with E-state index in [9.17, 15) is 14.9 Å². The zero-order valence-electron chi connectivity index (χ0n) is 15.6. The standard InChI is InChI=1S/C23H17NO4S/c1-15-6-9-18(10-7-15)29-22-11-8-16(13-20(22)24(26)27)12-17-14-28-21-5-3-2-4-19(21)23(17)25/h2-13H,14H2,1H3. The number of benzene rings is 3. The number of carbonyl (C=O) groups is 1. The van der Waals surface area contributed by atoms with Crippen LogP contribution in [0.5, 0.6) is 5.75 Å². The van der Waals surface area contributed by atoms with Gasteiger partial charge in [0, 0.05) is 16.5 Å². The van der Waals surface area contributed by atoms with Gasteiger partial charge in [-0.15, -0.1) is 0 Å². The van der Waals surface area contributed by atoms with Crippen LogP contribution in [-0.2, 0) is 0 Å². The van der Waals surface area contributed by atoms with E-state index in [1.165, 1.54) is 17.8 Å². The number of hydrogen-bond acceptors (Lipinski definition) is 5. The molecule has 1 aliphatic rings. The molecular formula is C23H17NO4S. The average molecular weight is 403 g/mol. The lowest BCUT2D eigenvalue weighted by atomic mass is 9.98. The van der Waals surface area contributed by atoms with Crippen LogP contribution in [0, 0.1) is 17.0 Å². The summed E-state index contributed by atoms with van der Waals surface area (Å²) < 4.78 is 5.64. The van der Waals surface area contributed by atoms with Crippen molar-refractivity contribution in [3.05, 3.63) is 99.1 Å². The van der Waals surface area contributed by atoms with Gasteiger partial charge in [0.05, 0.1) is 15.4 Å². The zero-order chi connectivity index (χ0) is 20.4. The summed E-state index contributed by atoms with van der Waals surface area (Å²) in [5, 5.41) is 11.6. The normalized spacial score (nSPS) is 14.4. The third kappa shape index (κ3) is 4.07. The van der Waals surface area contributed by atoms with Crippen LogP contribution in [0.15, 0.2) is 82.1 Å². The van der Waals surface area contributed by atoms with Crippen LogP contribution in [0.25, 0.3) is 6.08 Å². The molecule has 1 heterocycles. The number of aryl methyl sites for hydroxylation is 1. The van der Waals surface area contributed by atoms with Crippen LogP contribution in [0.4, 0.5) is 5.69 Å². The van der Waals surface area contributed by atoms with E-state index in [2.05, 4.69) is 0 Å². The van der Waals surface area contributed by atoms with E-state index in [1.807, 2.05) is 37.3 Å². The van der Waals surface area contributed by atoms with Crippen molar-refractivity contribution >= 4 is 29.3 Å². The number of hydrogen-bond donors (Lipinski definition) is 0. The summed E-state index contributed by atoms with van der Waals surface area (Å²) in [6.45, 7) is 2.14. The third-order valence-corrected chi connectivity index (χ3v) is 5.65. The molecule has 6 heteroatoms. The lowest BCUT2D eigenvalue weighted by Gasteiger charge is -2.18. The summed E-state index contributed by atoms with van der Waals surface area (Å²) >= 11 is 1.34. The highest BCUT2D eigenvalue weighted by molar-refractivity contribution is 7.99. The first kappa shape index (κ1) is 19.0. The number of nitro benzene ring substituents is 1.